The molecule has 0 bridgehead atoms. The van der Waals surface area contributed by atoms with Crippen molar-refractivity contribution in [3.05, 3.63) is 36.5 Å². The van der Waals surface area contributed by atoms with Gasteiger partial charge in [0.2, 0.25) is 5.91 Å². The SMILES string of the molecule is CCCCCCCCCCCCC/C=C/CC/C=C/CC/C=C/CCCC(O)C(O)C(COC1OC(CO)C(O)C(O)C1O)NC(=O)C(O)CCCCCCCCCCCC. The van der Waals surface area contributed by atoms with Crippen molar-refractivity contribution in [1.29, 1.82) is 0 Å². The maximum absolute atomic E-state index is 13.0. The third-order valence-electron chi connectivity index (χ3n) is 11.9. The van der Waals surface area contributed by atoms with Crippen LogP contribution in [0.5, 0.6) is 0 Å². The first-order valence-electron chi connectivity index (χ1n) is 24.9. The van der Waals surface area contributed by atoms with Gasteiger partial charge in [-0.15, -0.1) is 0 Å². The van der Waals surface area contributed by atoms with Crippen LogP contribution in [0.2, 0.25) is 0 Å². The van der Waals surface area contributed by atoms with Gasteiger partial charge in [-0.3, -0.25) is 4.79 Å². The summed E-state index contributed by atoms with van der Waals surface area (Å²) < 4.78 is 11.1. The predicted octanol–water partition coefficient (Wildman–Crippen LogP) is 8.78. The number of aliphatic hydroxyl groups is 7. The summed E-state index contributed by atoms with van der Waals surface area (Å²) in [6, 6.07) is -1.19. The average molecular weight is 868 g/mol. The molecule has 1 aliphatic heterocycles. The molecule has 0 aliphatic carbocycles. The van der Waals surface area contributed by atoms with E-state index in [1.807, 2.05) is 0 Å². The van der Waals surface area contributed by atoms with E-state index in [1.165, 1.54) is 116 Å². The second kappa shape index (κ2) is 39.9. The summed E-state index contributed by atoms with van der Waals surface area (Å²) in [4.78, 5) is 13.0. The fourth-order valence-electron chi connectivity index (χ4n) is 7.77. The van der Waals surface area contributed by atoms with Crippen LogP contribution in [-0.2, 0) is 14.3 Å². The van der Waals surface area contributed by atoms with Gasteiger partial charge in [-0.05, 0) is 64.2 Å². The normalized spacial score (nSPS) is 21.8. The molecule has 0 saturated carbocycles. The molecule has 8 N–H and O–H groups in total. The van der Waals surface area contributed by atoms with Gasteiger partial charge < -0.3 is 50.5 Å². The van der Waals surface area contributed by atoms with Crippen LogP contribution in [-0.4, -0.2) is 110 Å². The van der Waals surface area contributed by atoms with Crippen molar-refractivity contribution >= 4 is 5.91 Å². The highest BCUT2D eigenvalue weighted by Crippen LogP contribution is 2.23. The Morgan fingerprint density at radius 3 is 1.46 bits per heavy atom. The Morgan fingerprint density at radius 1 is 0.557 bits per heavy atom. The number of unbranched alkanes of at least 4 members (excludes halogenated alkanes) is 23. The molecule has 61 heavy (non-hydrogen) atoms. The number of amides is 1. The fourth-order valence-corrected chi connectivity index (χ4v) is 7.77. The number of allylic oxidation sites excluding steroid dienone is 6. The molecule has 1 fully saturated rings. The lowest BCUT2D eigenvalue weighted by Crippen LogP contribution is -2.60. The van der Waals surface area contributed by atoms with E-state index in [2.05, 4.69) is 55.6 Å². The zero-order valence-electron chi connectivity index (χ0n) is 38.6. The number of aliphatic hydroxyl groups excluding tert-OH is 7. The van der Waals surface area contributed by atoms with E-state index in [0.29, 0.717) is 19.3 Å². The second-order valence-corrected chi connectivity index (χ2v) is 17.5. The molecule has 0 aromatic heterocycles. The third-order valence-corrected chi connectivity index (χ3v) is 11.9. The minimum absolute atomic E-state index is 0.242. The summed E-state index contributed by atoms with van der Waals surface area (Å²) in [6.07, 6.45) is 35.0. The number of hydrogen-bond donors (Lipinski definition) is 8. The fraction of sp³-hybridized carbons (Fsp3) is 0.860. The number of nitrogens with one attached hydrogen (secondary N) is 1. The highest BCUT2D eigenvalue weighted by molar-refractivity contribution is 5.80. The molecular weight excluding hydrogens is 775 g/mol. The minimum atomic E-state index is -1.67. The van der Waals surface area contributed by atoms with E-state index in [-0.39, 0.29) is 12.8 Å². The first kappa shape index (κ1) is 57.3. The standard InChI is InChI=1S/C50H93NO10/c1-3-5-7-9-11-13-15-16-17-18-19-20-21-22-23-24-25-26-27-28-30-31-33-35-37-42(53)45(55)41(40-60-50-48(58)47(57)46(56)44(39-52)61-50)51-49(59)43(54)38-36-34-32-29-14-12-10-8-6-4-2/h21-22,25-26,30-31,41-48,50,52-58H,3-20,23-24,27-29,32-40H2,1-2H3,(H,51,59)/b22-21+,26-25+,31-30+. The molecule has 1 saturated heterocycles. The average Bonchev–Trinajstić information content (AvgIpc) is 3.26. The highest BCUT2D eigenvalue weighted by atomic mass is 16.7. The van der Waals surface area contributed by atoms with Gasteiger partial charge in [-0.25, -0.2) is 0 Å². The number of hydrogen-bond acceptors (Lipinski definition) is 10. The number of rotatable bonds is 41. The molecular formula is C50H93NO10. The summed E-state index contributed by atoms with van der Waals surface area (Å²) in [7, 11) is 0. The molecule has 11 nitrogen and oxygen atoms in total. The van der Waals surface area contributed by atoms with Crippen molar-refractivity contribution in [2.24, 2.45) is 0 Å². The zero-order valence-corrected chi connectivity index (χ0v) is 38.6. The van der Waals surface area contributed by atoms with E-state index in [0.717, 1.165) is 44.9 Å². The Morgan fingerprint density at radius 2 is 0.984 bits per heavy atom. The van der Waals surface area contributed by atoms with Crippen molar-refractivity contribution in [2.45, 2.75) is 262 Å². The van der Waals surface area contributed by atoms with Gasteiger partial charge in [0.25, 0.3) is 0 Å². The Kier molecular flexibility index (Phi) is 37.5. The molecule has 1 amide bonds. The molecule has 1 rings (SSSR count). The Bertz CT molecular complexity index is 1090. The van der Waals surface area contributed by atoms with E-state index in [9.17, 15) is 40.5 Å². The highest BCUT2D eigenvalue weighted by Gasteiger charge is 2.44. The smallest absolute Gasteiger partial charge is 0.249 e. The predicted molar refractivity (Wildman–Crippen MR) is 247 cm³/mol. The summed E-state index contributed by atoms with van der Waals surface area (Å²) in [5.74, 6) is -0.715. The van der Waals surface area contributed by atoms with Crippen molar-refractivity contribution in [3.63, 3.8) is 0 Å². The van der Waals surface area contributed by atoms with Crippen LogP contribution in [0.4, 0.5) is 0 Å². The molecule has 11 heteroatoms. The van der Waals surface area contributed by atoms with Crippen molar-refractivity contribution in [1.82, 2.24) is 5.32 Å². The number of ether oxygens (including phenoxy) is 2. The van der Waals surface area contributed by atoms with Crippen molar-refractivity contribution in [2.75, 3.05) is 13.2 Å². The van der Waals surface area contributed by atoms with E-state index < -0.39 is 74.2 Å². The topological polar surface area (TPSA) is 189 Å². The molecule has 0 aromatic rings. The summed E-state index contributed by atoms with van der Waals surface area (Å²) >= 11 is 0. The van der Waals surface area contributed by atoms with Crippen LogP contribution in [0.3, 0.4) is 0 Å². The van der Waals surface area contributed by atoms with Gasteiger partial charge in [0.05, 0.1) is 25.4 Å². The zero-order chi connectivity index (χ0) is 44.8. The lowest BCUT2D eigenvalue weighted by molar-refractivity contribution is -0.303. The van der Waals surface area contributed by atoms with Gasteiger partial charge in [0, 0.05) is 0 Å². The minimum Gasteiger partial charge on any atom is -0.394 e. The monoisotopic (exact) mass is 868 g/mol. The van der Waals surface area contributed by atoms with Crippen LogP contribution >= 0.6 is 0 Å². The van der Waals surface area contributed by atoms with E-state index in [1.54, 1.807) is 0 Å². The molecule has 9 unspecified atom stereocenters. The van der Waals surface area contributed by atoms with E-state index >= 15 is 0 Å². The van der Waals surface area contributed by atoms with E-state index in [4.69, 9.17) is 9.47 Å². The van der Waals surface area contributed by atoms with Gasteiger partial charge in [-0.2, -0.15) is 0 Å². The van der Waals surface area contributed by atoms with Crippen LogP contribution in [0.25, 0.3) is 0 Å². The first-order valence-corrected chi connectivity index (χ1v) is 24.9. The second-order valence-electron chi connectivity index (χ2n) is 17.5. The van der Waals surface area contributed by atoms with Crippen LogP contribution in [0.1, 0.15) is 206 Å². The molecule has 0 spiro atoms. The quantitative estimate of drug-likeness (QED) is 0.0218. The molecule has 9 atom stereocenters. The summed E-state index contributed by atoms with van der Waals surface area (Å²) in [5, 5.41) is 75.6. The Balaban J connectivity index is 2.40. The lowest BCUT2D eigenvalue weighted by atomic mass is 9.98. The maximum atomic E-state index is 13.0. The molecule has 358 valence electrons. The molecule has 1 heterocycles. The van der Waals surface area contributed by atoms with Crippen LogP contribution in [0, 0.1) is 0 Å². The van der Waals surface area contributed by atoms with Crippen LogP contribution in [0.15, 0.2) is 36.5 Å². The summed E-state index contributed by atoms with van der Waals surface area (Å²) in [5.41, 5.74) is 0. The number of carbonyl (C=O) groups excluding carboxylic acids is 1. The van der Waals surface area contributed by atoms with Crippen molar-refractivity contribution < 1.29 is 50.0 Å². The van der Waals surface area contributed by atoms with Gasteiger partial charge in [0.15, 0.2) is 6.29 Å². The number of carbonyl (C=O) groups is 1. The van der Waals surface area contributed by atoms with Gasteiger partial charge in [0.1, 0.15) is 36.6 Å². The summed E-state index contributed by atoms with van der Waals surface area (Å²) in [6.45, 7) is 3.40. The molecule has 0 radical (unpaired) electrons. The Labute approximate surface area is 371 Å². The Hall–Kier alpha value is -1.67. The van der Waals surface area contributed by atoms with Gasteiger partial charge >= 0.3 is 0 Å². The van der Waals surface area contributed by atoms with Gasteiger partial charge in [-0.1, -0.05) is 179 Å². The molecule has 1 aliphatic rings. The van der Waals surface area contributed by atoms with Crippen LogP contribution < -0.4 is 5.32 Å². The largest absolute Gasteiger partial charge is 0.394 e. The first-order chi connectivity index (χ1) is 29.7. The molecule has 0 aromatic carbocycles. The maximum Gasteiger partial charge on any atom is 0.249 e. The van der Waals surface area contributed by atoms with Crippen molar-refractivity contribution in [3.8, 4) is 0 Å². The lowest BCUT2D eigenvalue weighted by Gasteiger charge is -2.40. The third kappa shape index (κ3) is 29.4.